The number of rotatable bonds is 1. The Morgan fingerprint density at radius 2 is 2.25 bits per heavy atom. The number of nitrogens with zero attached hydrogens (tertiary/aromatic N) is 1. The van der Waals surface area contributed by atoms with Crippen molar-refractivity contribution in [1.82, 2.24) is 10.3 Å². The first kappa shape index (κ1) is 11.3. The highest BCUT2D eigenvalue weighted by Gasteiger charge is 2.36. The van der Waals surface area contributed by atoms with Crippen LogP contribution in [0.25, 0.3) is 0 Å². The number of nitrogens with one attached hydrogen (secondary N) is 1. The van der Waals surface area contributed by atoms with Crippen molar-refractivity contribution in [3.05, 3.63) is 29.6 Å². The Kier molecular flexibility index (Phi) is 3.11. The molecule has 1 fully saturated rings. The summed E-state index contributed by atoms with van der Waals surface area (Å²) >= 11 is 0. The molecular weight excluding hydrogens is 221 g/mol. The zero-order valence-corrected chi connectivity index (χ0v) is 8.42. The van der Waals surface area contributed by atoms with Crippen LogP contribution in [0.3, 0.4) is 0 Å². The fourth-order valence-electron chi connectivity index (χ4n) is 1.69. The molecule has 0 amide bonds. The number of halogens is 3. The van der Waals surface area contributed by atoms with Crippen LogP contribution in [0.1, 0.15) is 17.2 Å². The average molecular weight is 232 g/mol. The first-order valence-corrected chi connectivity index (χ1v) is 4.92. The quantitative estimate of drug-likeness (QED) is 0.801. The molecule has 0 spiro atoms. The summed E-state index contributed by atoms with van der Waals surface area (Å²) in [6.45, 7) is 1.49. The van der Waals surface area contributed by atoms with Crippen LogP contribution in [-0.2, 0) is 10.9 Å². The number of alkyl halides is 3. The Balaban J connectivity index is 2.32. The van der Waals surface area contributed by atoms with Gasteiger partial charge in [0.1, 0.15) is 0 Å². The third kappa shape index (κ3) is 2.33. The number of aromatic nitrogens is 1. The number of pyridine rings is 1. The van der Waals surface area contributed by atoms with E-state index in [-0.39, 0.29) is 5.56 Å². The van der Waals surface area contributed by atoms with Crippen LogP contribution in [0.5, 0.6) is 0 Å². The minimum Gasteiger partial charge on any atom is -0.371 e. The molecule has 1 N–H and O–H groups in total. The molecule has 0 aliphatic carbocycles. The van der Waals surface area contributed by atoms with Crippen LogP contribution in [0, 0.1) is 0 Å². The Morgan fingerprint density at radius 1 is 1.44 bits per heavy atom. The second kappa shape index (κ2) is 4.39. The summed E-state index contributed by atoms with van der Waals surface area (Å²) in [5, 5.41) is 3.00. The molecule has 1 unspecified atom stereocenters. The molecule has 1 saturated heterocycles. The molecule has 0 radical (unpaired) electrons. The second-order valence-corrected chi connectivity index (χ2v) is 3.52. The van der Waals surface area contributed by atoms with E-state index in [0.717, 1.165) is 6.20 Å². The maximum absolute atomic E-state index is 12.7. The van der Waals surface area contributed by atoms with E-state index < -0.39 is 17.8 Å². The number of morpholine rings is 1. The predicted molar refractivity (Wildman–Crippen MR) is 50.8 cm³/mol. The molecule has 88 valence electrons. The van der Waals surface area contributed by atoms with Gasteiger partial charge >= 0.3 is 6.18 Å². The third-order valence-electron chi connectivity index (χ3n) is 2.43. The molecular formula is C10H11F3N2O. The van der Waals surface area contributed by atoms with Gasteiger partial charge in [0, 0.05) is 25.5 Å². The van der Waals surface area contributed by atoms with E-state index in [1.807, 2.05) is 0 Å². The summed E-state index contributed by atoms with van der Waals surface area (Å²) in [6.07, 6.45) is -2.74. The summed E-state index contributed by atoms with van der Waals surface area (Å²) in [6, 6.07) is 1.36. The highest BCUT2D eigenvalue weighted by Crippen LogP contribution is 2.35. The maximum Gasteiger partial charge on any atom is 0.418 e. The Labute approximate surface area is 90.6 Å². The molecule has 1 aliphatic rings. The normalized spacial score (nSPS) is 22.1. The lowest BCUT2D eigenvalue weighted by atomic mass is 10.0. The minimum absolute atomic E-state index is 0.148. The third-order valence-corrected chi connectivity index (χ3v) is 2.43. The smallest absolute Gasteiger partial charge is 0.371 e. The second-order valence-electron chi connectivity index (χ2n) is 3.52. The van der Waals surface area contributed by atoms with Crippen LogP contribution in [0.15, 0.2) is 18.5 Å². The molecule has 1 aromatic heterocycles. The van der Waals surface area contributed by atoms with Gasteiger partial charge in [-0.3, -0.25) is 4.98 Å². The van der Waals surface area contributed by atoms with Crippen LogP contribution in [0.4, 0.5) is 13.2 Å². The SMILES string of the molecule is FC(F)(F)c1cnccc1C1CNCCO1. The maximum atomic E-state index is 12.7. The van der Waals surface area contributed by atoms with Gasteiger partial charge in [-0.15, -0.1) is 0 Å². The average Bonchev–Trinajstić information content (AvgIpc) is 2.29. The van der Waals surface area contributed by atoms with E-state index in [1.165, 1.54) is 12.3 Å². The molecule has 1 aromatic rings. The number of ether oxygens (including phenoxy) is 1. The lowest BCUT2D eigenvalue weighted by Crippen LogP contribution is -2.34. The Morgan fingerprint density at radius 3 is 2.88 bits per heavy atom. The highest BCUT2D eigenvalue weighted by atomic mass is 19.4. The van der Waals surface area contributed by atoms with Crippen molar-refractivity contribution in [3.8, 4) is 0 Å². The summed E-state index contributed by atoms with van der Waals surface area (Å²) in [7, 11) is 0. The van der Waals surface area contributed by atoms with Crippen LogP contribution in [-0.4, -0.2) is 24.7 Å². The zero-order chi connectivity index (χ0) is 11.6. The zero-order valence-electron chi connectivity index (χ0n) is 8.42. The molecule has 16 heavy (non-hydrogen) atoms. The lowest BCUT2D eigenvalue weighted by molar-refractivity contribution is -0.140. The van der Waals surface area contributed by atoms with E-state index in [4.69, 9.17) is 4.74 Å². The summed E-state index contributed by atoms with van der Waals surface area (Å²) in [5.41, 5.74) is -0.571. The van der Waals surface area contributed by atoms with Crippen LogP contribution >= 0.6 is 0 Å². The molecule has 0 aromatic carbocycles. The van der Waals surface area contributed by atoms with Crippen molar-refractivity contribution >= 4 is 0 Å². The largest absolute Gasteiger partial charge is 0.418 e. The van der Waals surface area contributed by atoms with Crippen molar-refractivity contribution in [1.29, 1.82) is 0 Å². The Bertz CT molecular complexity index is 361. The molecule has 6 heteroatoms. The predicted octanol–water partition coefficient (Wildman–Crippen LogP) is 1.76. The van der Waals surface area contributed by atoms with Gasteiger partial charge in [-0.2, -0.15) is 13.2 Å². The summed E-state index contributed by atoms with van der Waals surface area (Å²) in [4.78, 5) is 3.51. The monoisotopic (exact) mass is 232 g/mol. The fourth-order valence-corrected chi connectivity index (χ4v) is 1.69. The summed E-state index contributed by atoms with van der Waals surface area (Å²) < 4.78 is 43.4. The molecule has 0 bridgehead atoms. The van der Waals surface area contributed by atoms with Gasteiger partial charge in [0.2, 0.25) is 0 Å². The summed E-state index contributed by atoms with van der Waals surface area (Å²) in [5.74, 6) is 0. The Hall–Kier alpha value is -1.14. The molecule has 2 rings (SSSR count). The van der Waals surface area contributed by atoms with Gasteiger partial charge in [0.05, 0.1) is 18.3 Å². The van der Waals surface area contributed by atoms with E-state index >= 15 is 0 Å². The molecule has 3 nitrogen and oxygen atoms in total. The van der Waals surface area contributed by atoms with Gasteiger partial charge in [0.25, 0.3) is 0 Å². The van der Waals surface area contributed by atoms with Crippen LogP contribution < -0.4 is 5.32 Å². The van der Waals surface area contributed by atoms with Gasteiger partial charge in [0.15, 0.2) is 0 Å². The topological polar surface area (TPSA) is 34.2 Å². The minimum atomic E-state index is -4.38. The van der Waals surface area contributed by atoms with Crippen molar-refractivity contribution in [3.63, 3.8) is 0 Å². The first-order valence-electron chi connectivity index (χ1n) is 4.92. The fraction of sp³-hybridized carbons (Fsp3) is 0.500. The molecule has 2 heterocycles. The molecule has 1 atom stereocenters. The van der Waals surface area contributed by atoms with E-state index in [0.29, 0.717) is 19.7 Å². The van der Waals surface area contributed by atoms with E-state index in [1.54, 1.807) is 0 Å². The number of hydrogen-bond acceptors (Lipinski definition) is 3. The van der Waals surface area contributed by atoms with Crippen molar-refractivity contribution in [2.75, 3.05) is 19.7 Å². The van der Waals surface area contributed by atoms with Gasteiger partial charge in [-0.05, 0) is 11.6 Å². The van der Waals surface area contributed by atoms with Gasteiger partial charge < -0.3 is 10.1 Å². The van der Waals surface area contributed by atoms with E-state index in [2.05, 4.69) is 10.3 Å². The first-order chi connectivity index (χ1) is 7.59. The number of hydrogen-bond donors (Lipinski definition) is 1. The van der Waals surface area contributed by atoms with Crippen molar-refractivity contribution < 1.29 is 17.9 Å². The standard InChI is InChI=1S/C10H11F3N2O/c11-10(12,13)8-5-14-2-1-7(8)9-6-15-3-4-16-9/h1-2,5,9,15H,3-4,6H2. The molecule has 0 saturated carbocycles. The van der Waals surface area contributed by atoms with Gasteiger partial charge in [-0.25, -0.2) is 0 Å². The van der Waals surface area contributed by atoms with Crippen LogP contribution in [0.2, 0.25) is 0 Å². The molecule has 1 aliphatic heterocycles. The van der Waals surface area contributed by atoms with Crippen molar-refractivity contribution in [2.24, 2.45) is 0 Å². The van der Waals surface area contributed by atoms with E-state index in [9.17, 15) is 13.2 Å². The van der Waals surface area contributed by atoms with Crippen molar-refractivity contribution in [2.45, 2.75) is 12.3 Å². The highest BCUT2D eigenvalue weighted by molar-refractivity contribution is 5.28. The van der Waals surface area contributed by atoms with Gasteiger partial charge in [-0.1, -0.05) is 0 Å². The lowest BCUT2D eigenvalue weighted by Gasteiger charge is -2.26.